The number of anilines is 1. The lowest BCUT2D eigenvalue weighted by molar-refractivity contribution is 0.0697. The van der Waals surface area contributed by atoms with Crippen LogP contribution in [0.4, 0.5) is 5.69 Å². The highest BCUT2D eigenvalue weighted by Crippen LogP contribution is 2.29. The first-order chi connectivity index (χ1) is 9.60. The van der Waals surface area contributed by atoms with Gasteiger partial charge in [-0.25, -0.2) is 9.78 Å². The number of fused-ring (bicyclic) bond motifs is 1. The van der Waals surface area contributed by atoms with Crippen molar-refractivity contribution in [2.45, 2.75) is 0 Å². The number of aliphatic hydroxyl groups excluding tert-OH is 2. The third-order valence-electron chi connectivity index (χ3n) is 3.02. The molecule has 0 saturated carbocycles. The van der Waals surface area contributed by atoms with E-state index < -0.39 is 5.97 Å². The minimum atomic E-state index is -1.11. The van der Waals surface area contributed by atoms with Crippen molar-refractivity contribution >= 4 is 22.7 Å². The van der Waals surface area contributed by atoms with Crippen molar-refractivity contribution in [2.75, 3.05) is 31.2 Å². The molecule has 3 N–H and O–H groups in total. The minimum Gasteiger partial charge on any atom is -0.478 e. The number of carboxylic acids is 1. The second-order valence-corrected chi connectivity index (χ2v) is 4.27. The summed E-state index contributed by atoms with van der Waals surface area (Å²) in [6.45, 7) is 0.135. The van der Waals surface area contributed by atoms with Crippen LogP contribution in [0.15, 0.2) is 12.4 Å². The molecular weight excluding hydrogens is 264 g/mol. The lowest BCUT2D eigenvalue weighted by Gasteiger charge is -2.25. The molecule has 0 aliphatic heterocycles. The summed E-state index contributed by atoms with van der Waals surface area (Å²) in [5, 5.41) is 32.2. The summed E-state index contributed by atoms with van der Waals surface area (Å²) >= 11 is 0. The van der Waals surface area contributed by atoms with E-state index in [9.17, 15) is 9.90 Å². The Kier molecular flexibility index (Phi) is 4.16. The zero-order chi connectivity index (χ0) is 14.7. The molecule has 0 bridgehead atoms. The molecule has 8 nitrogen and oxygen atoms in total. The molecule has 0 aliphatic carbocycles. The first-order valence-electron chi connectivity index (χ1n) is 6.10. The molecule has 0 saturated heterocycles. The zero-order valence-corrected chi connectivity index (χ0v) is 11.0. The Morgan fingerprint density at radius 1 is 1.30 bits per heavy atom. The van der Waals surface area contributed by atoms with Crippen LogP contribution in [0.3, 0.4) is 0 Å². The van der Waals surface area contributed by atoms with Crippen LogP contribution in [-0.4, -0.2) is 62.4 Å². The standard InChI is InChI=1S/C12H16N4O4/c1-15-11-8(7-14-15)10(9(6-13-11)12(19)20)16(2-4-17)3-5-18/h6-7,17-18H,2-5H2,1H3,(H,19,20). The summed E-state index contributed by atoms with van der Waals surface area (Å²) in [6, 6.07) is 0. The molecule has 0 fully saturated rings. The Hall–Kier alpha value is -2.19. The van der Waals surface area contributed by atoms with Crippen molar-refractivity contribution in [1.82, 2.24) is 14.8 Å². The Balaban J connectivity index is 2.67. The summed E-state index contributed by atoms with van der Waals surface area (Å²) in [7, 11) is 1.71. The molecule has 2 rings (SSSR count). The number of aromatic carboxylic acids is 1. The number of hydrogen-bond acceptors (Lipinski definition) is 6. The topological polar surface area (TPSA) is 112 Å². The van der Waals surface area contributed by atoms with Crippen LogP contribution in [-0.2, 0) is 7.05 Å². The van der Waals surface area contributed by atoms with Crippen LogP contribution in [0.1, 0.15) is 10.4 Å². The summed E-state index contributed by atoms with van der Waals surface area (Å²) in [4.78, 5) is 17.1. The van der Waals surface area contributed by atoms with Gasteiger partial charge in [-0.05, 0) is 0 Å². The number of carbonyl (C=O) groups is 1. The molecule has 0 aliphatic rings. The molecule has 2 aromatic rings. The minimum absolute atomic E-state index is 0.0207. The smallest absolute Gasteiger partial charge is 0.339 e. The van der Waals surface area contributed by atoms with Gasteiger partial charge in [-0.1, -0.05) is 0 Å². The Labute approximate surface area is 114 Å². The van der Waals surface area contributed by atoms with Gasteiger partial charge in [0.2, 0.25) is 0 Å². The van der Waals surface area contributed by atoms with Crippen LogP contribution < -0.4 is 4.90 Å². The van der Waals surface area contributed by atoms with E-state index in [4.69, 9.17) is 10.2 Å². The van der Waals surface area contributed by atoms with E-state index >= 15 is 0 Å². The number of aliphatic hydroxyl groups is 2. The van der Waals surface area contributed by atoms with Crippen molar-refractivity contribution in [3.63, 3.8) is 0 Å². The van der Waals surface area contributed by atoms with Gasteiger partial charge < -0.3 is 20.2 Å². The maximum Gasteiger partial charge on any atom is 0.339 e. The van der Waals surface area contributed by atoms with Gasteiger partial charge in [-0.15, -0.1) is 0 Å². The maximum atomic E-state index is 11.4. The largest absolute Gasteiger partial charge is 0.478 e. The number of rotatable bonds is 6. The fourth-order valence-corrected chi connectivity index (χ4v) is 2.16. The SMILES string of the molecule is Cn1ncc2c(N(CCO)CCO)c(C(=O)O)cnc21. The lowest BCUT2D eigenvalue weighted by Crippen LogP contribution is -2.31. The van der Waals surface area contributed by atoms with Crippen molar-refractivity contribution in [1.29, 1.82) is 0 Å². The van der Waals surface area contributed by atoms with Gasteiger partial charge in [-0.3, -0.25) is 4.68 Å². The highest BCUT2D eigenvalue weighted by atomic mass is 16.4. The molecule has 20 heavy (non-hydrogen) atoms. The van der Waals surface area contributed by atoms with Crippen molar-refractivity contribution in [2.24, 2.45) is 7.05 Å². The molecule has 8 heteroatoms. The second-order valence-electron chi connectivity index (χ2n) is 4.27. The Morgan fingerprint density at radius 2 is 1.95 bits per heavy atom. The van der Waals surface area contributed by atoms with Gasteiger partial charge in [0.1, 0.15) is 5.56 Å². The number of hydrogen-bond donors (Lipinski definition) is 3. The first-order valence-corrected chi connectivity index (χ1v) is 6.10. The number of aryl methyl sites for hydroxylation is 1. The summed E-state index contributed by atoms with van der Waals surface area (Å²) in [5.74, 6) is -1.11. The molecule has 0 aromatic carbocycles. The van der Waals surface area contributed by atoms with Gasteiger partial charge in [-0.2, -0.15) is 5.10 Å². The molecule has 2 aromatic heterocycles. The van der Waals surface area contributed by atoms with E-state index in [0.29, 0.717) is 16.7 Å². The molecule has 108 valence electrons. The van der Waals surface area contributed by atoms with Crippen LogP contribution >= 0.6 is 0 Å². The fourth-order valence-electron chi connectivity index (χ4n) is 2.16. The monoisotopic (exact) mass is 280 g/mol. The van der Waals surface area contributed by atoms with E-state index in [2.05, 4.69) is 10.1 Å². The molecule has 0 atom stereocenters. The zero-order valence-electron chi connectivity index (χ0n) is 11.0. The van der Waals surface area contributed by atoms with E-state index in [0.717, 1.165) is 0 Å². The fraction of sp³-hybridized carbons (Fsp3) is 0.417. The Bertz CT molecular complexity index is 619. The second kappa shape index (κ2) is 5.85. The van der Waals surface area contributed by atoms with Gasteiger partial charge in [0, 0.05) is 26.3 Å². The third-order valence-corrected chi connectivity index (χ3v) is 3.02. The van der Waals surface area contributed by atoms with Crippen LogP contribution in [0, 0.1) is 0 Å². The quantitative estimate of drug-likeness (QED) is 0.651. The first kappa shape index (κ1) is 14.2. The van der Waals surface area contributed by atoms with Gasteiger partial charge in [0.25, 0.3) is 0 Å². The predicted molar refractivity (Wildman–Crippen MR) is 71.9 cm³/mol. The van der Waals surface area contributed by atoms with E-state index in [1.165, 1.54) is 12.4 Å². The summed E-state index contributed by atoms with van der Waals surface area (Å²) < 4.78 is 1.54. The van der Waals surface area contributed by atoms with Crippen molar-refractivity contribution < 1.29 is 20.1 Å². The van der Waals surface area contributed by atoms with Gasteiger partial charge >= 0.3 is 5.97 Å². The average Bonchev–Trinajstić information content (AvgIpc) is 2.79. The van der Waals surface area contributed by atoms with Crippen molar-refractivity contribution in [3.8, 4) is 0 Å². The van der Waals surface area contributed by atoms with Crippen LogP contribution in [0.25, 0.3) is 11.0 Å². The molecule has 0 amide bonds. The summed E-state index contributed by atoms with van der Waals surface area (Å²) in [6.07, 6.45) is 2.80. The molecule has 0 spiro atoms. The maximum absolute atomic E-state index is 11.4. The number of pyridine rings is 1. The highest BCUT2D eigenvalue weighted by molar-refractivity contribution is 6.03. The molecule has 0 unspecified atom stereocenters. The average molecular weight is 280 g/mol. The number of nitrogens with zero attached hydrogens (tertiary/aromatic N) is 4. The van der Waals surface area contributed by atoms with Gasteiger partial charge in [0.15, 0.2) is 5.65 Å². The normalized spacial score (nSPS) is 10.9. The number of aromatic nitrogens is 3. The predicted octanol–water partition coefficient (Wildman–Crippen LogP) is -0.542. The van der Waals surface area contributed by atoms with Gasteiger partial charge in [0.05, 0.1) is 30.5 Å². The number of carboxylic acid groups (broad SMARTS) is 1. The van der Waals surface area contributed by atoms with Crippen LogP contribution in [0.5, 0.6) is 0 Å². The molecule has 2 heterocycles. The van der Waals surface area contributed by atoms with E-state index in [1.807, 2.05) is 0 Å². The van der Waals surface area contributed by atoms with E-state index in [-0.39, 0.29) is 31.9 Å². The lowest BCUT2D eigenvalue weighted by atomic mass is 10.1. The third kappa shape index (κ3) is 2.43. The summed E-state index contributed by atoms with van der Waals surface area (Å²) in [5.41, 5.74) is 0.983. The van der Waals surface area contributed by atoms with E-state index in [1.54, 1.807) is 16.6 Å². The van der Waals surface area contributed by atoms with Crippen molar-refractivity contribution in [3.05, 3.63) is 18.0 Å². The molecule has 0 radical (unpaired) electrons. The Morgan fingerprint density at radius 3 is 2.50 bits per heavy atom. The highest BCUT2D eigenvalue weighted by Gasteiger charge is 2.21. The van der Waals surface area contributed by atoms with Crippen LogP contribution in [0.2, 0.25) is 0 Å². The molecular formula is C12H16N4O4.